The van der Waals surface area contributed by atoms with E-state index in [9.17, 15) is 4.79 Å². The smallest absolute Gasteiger partial charge is 0.251 e. The van der Waals surface area contributed by atoms with Crippen molar-refractivity contribution in [1.82, 2.24) is 20.4 Å². The fraction of sp³-hybridized carbons (Fsp3) is 0.529. The maximum atomic E-state index is 12.6. The lowest BCUT2D eigenvalue weighted by molar-refractivity contribution is -0.137. The van der Waals surface area contributed by atoms with Crippen molar-refractivity contribution in [2.75, 3.05) is 19.8 Å². The van der Waals surface area contributed by atoms with Crippen molar-refractivity contribution in [3.63, 3.8) is 0 Å². The number of amides is 1. The molecule has 0 unspecified atom stereocenters. The molecule has 7 nitrogen and oxygen atoms in total. The fourth-order valence-corrected chi connectivity index (χ4v) is 3.40. The average Bonchev–Trinajstić information content (AvgIpc) is 2.94. The number of aryl methyl sites for hydroxylation is 1. The molecule has 1 aliphatic rings. The van der Waals surface area contributed by atoms with E-state index in [0.717, 1.165) is 16.6 Å². The molecule has 2 aromatic rings. The Kier molecular flexibility index (Phi) is 6.52. The highest BCUT2D eigenvalue weighted by Gasteiger charge is 2.33. The van der Waals surface area contributed by atoms with Gasteiger partial charge in [-0.25, -0.2) is 0 Å². The molecule has 0 radical (unpaired) electrons. The largest absolute Gasteiger partial charge is 0.395 e. The molecule has 1 aromatic heterocycles. The van der Waals surface area contributed by atoms with E-state index in [0.29, 0.717) is 18.2 Å². The molecule has 1 aromatic carbocycles. The summed E-state index contributed by atoms with van der Waals surface area (Å²) in [5.41, 5.74) is 0.888. The molecular formula is C17H24Cl2N4O3. The zero-order valence-corrected chi connectivity index (χ0v) is 16.5. The van der Waals surface area contributed by atoms with E-state index >= 15 is 0 Å². The van der Waals surface area contributed by atoms with Gasteiger partial charge in [0, 0.05) is 19.0 Å². The van der Waals surface area contributed by atoms with Gasteiger partial charge in [0.25, 0.3) is 5.91 Å². The summed E-state index contributed by atoms with van der Waals surface area (Å²) in [6.45, 7) is 4.46. The van der Waals surface area contributed by atoms with Crippen molar-refractivity contribution in [2.45, 2.75) is 31.5 Å². The number of fused-ring (bicyclic) bond motifs is 1. The Bertz CT molecular complexity index is 786. The van der Waals surface area contributed by atoms with E-state index in [4.69, 9.17) is 21.4 Å². The number of benzene rings is 1. The Balaban J connectivity index is 0.00000243. The molecule has 3 N–H and O–H groups in total. The number of nitrogens with zero attached hydrogens (tertiary/aromatic N) is 2. The molecule has 26 heavy (non-hydrogen) atoms. The second kappa shape index (κ2) is 8.10. The number of ether oxygens (including phenoxy) is 1. The quantitative estimate of drug-likeness (QED) is 0.718. The molecule has 1 amide bonds. The third-order valence-corrected chi connectivity index (χ3v) is 4.75. The number of aromatic nitrogens is 2. The van der Waals surface area contributed by atoms with Crippen molar-refractivity contribution in [3.05, 3.63) is 28.9 Å². The second-order valence-electron chi connectivity index (χ2n) is 6.83. The van der Waals surface area contributed by atoms with E-state index < -0.39 is 11.6 Å². The van der Waals surface area contributed by atoms with Gasteiger partial charge in [-0.3, -0.25) is 9.48 Å². The number of nitrogens with one attached hydrogen (secondary N) is 2. The zero-order chi connectivity index (χ0) is 18.2. The highest BCUT2D eigenvalue weighted by Crippen LogP contribution is 2.31. The SMILES string of the molecule is Cl.Cn1nc(C(C)(C)NC(=O)[C@@H]2CN[C@H](CO)CO2)c2cccc(Cl)c21. The monoisotopic (exact) mass is 402 g/mol. The summed E-state index contributed by atoms with van der Waals surface area (Å²) >= 11 is 6.28. The Hall–Kier alpha value is -1.38. The van der Waals surface area contributed by atoms with Crippen LogP contribution < -0.4 is 10.6 Å². The Labute approximate surface area is 163 Å². The van der Waals surface area contributed by atoms with Crippen LogP contribution in [-0.2, 0) is 22.1 Å². The lowest BCUT2D eigenvalue weighted by atomic mass is 9.96. The number of morpholine rings is 1. The van der Waals surface area contributed by atoms with Crippen LogP contribution in [-0.4, -0.2) is 52.7 Å². The van der Waals surface area contributed by atoms with Crippen LogP contribution in [0.4, 0.5) is 0 Å². The average molecular weight is 403 g/mol. The van der Waals surface area contributed by atoms with Crippen LogP contribution in [0.5, 0.6) is 0 Å². The summed E-state index contributed by atoms with van der Waals surface area (Å²) in [7, 11) is 1.83. The topological polar surface area (TPSA) is 88.4 Å². The number of carbonyl (C=O) groups excluding carboxylic acids is 1. The molecule has 1 fully saturated rings. The minimum atomic E-state index is -0.696. The lowest BCUT2D eigenvalue weighted by Crippen LogP contribution is -2.56. The van der Waals surface area contributed by atoms with Crippen LogP contribution >= 0.6 is 24.0 Å². The van der Waals surface area contributed by atoms with Gasteiger partial charge in [0.05, 0.1) is 41.0 Å². The first-order valence-electron chi connectivity index (χ1n) is 8.23. The standard InChI is InChI=1S/C17H23ClN4O3.ClH/c1-17(2,20-16(24)13-7-19-10(8-23)9-25-13)15-11-5-4-6-12(18)14(11)22(3)21-15;/h4-6,10,13,19,23H,7-9H2,1-3H3,(H,20,24);1H/t10-,13+;/m1./s1. The maximum Gasteiger partial charge on any atom is 0.251 e. The fourth-order valence-electron chi connectivity index (χ4n) is 3.11. The maximum absolute atomic E-state index is 12.6. The van der Waals surface area contributed by atoms with Gasteiger partial charge >= 0.3 is 0 Å². The van der Waals surface area contributed by atoms with Crippen LogP contribution in [0.3, 0.4) is 0 Å². The first-order valence-corrected chi connectivity index (χ1v) is 8.61. The van der Waals surface area contributed by atoms with Gasteiger partial charge in [0.1, 0.15) is 6.10 Å². The van der Waals surface area contributed by atoms with Crippen LogP contribution in [0, 0.1) is 0 Å². The summed E-state index contributed by atoms with van der Waals surface area (Å²) in [6.07, 6.45) is -0.597. The van der Waals surface area contributed by atoms with Gasteiger partial charge < -0.3 is 20.5 Å². The molecule has 0 spiro atoms. The van der Waals surface area contributed by atoms with Gasteiger partial charge in [-0.1, -0.05) is 23.7 Å². The van der Waals surface area contributed by atoms with Crippen molar-refractivity contribution in [1.29, 1.82) is 0 Å². The first kappa shape index (κ1) is 20.9. The van der Waals surface area contributed by atoms with E-state index in [2.05, 4.69) is 15.7 Å². The molecule has 144 valence electrons. The molecule has 2 heterocycles. The van der Waals surface area contributed by atoms with Crippen molar-refractivity contribution in [3.8, 4) is 0 Å². The summed E-state index contributed by atoms with van der Waals surface area (Å²) in [5, 5.41) is 21.3. The highest BCUT2D eigenvalue weighted by atomic mass is 35.5. The summed E-state index contributed by atoms with van der Waals surface area (Å²) < 4.78 is 7.28. The van der Waals surface area contributed by atoms with Crippen LogP contribution in [0.15, 0.2) is 18.2 Å². The molecule has 0 bridgehead atoms. The Morgan fingerprint density at radius 1 is 1.54 bits per heavy atom. The van der Waals surface area contributed by atoms with E-state index in [-0.39, 0.29) is 31.0 Å². The minimum Gasteiger partial charge on any atom is -0.395 e. The minimum absolute atomic E-state index is 0. The predicted molar refractivity (Wildman–Crippen MR) is 103 cm³/mol. The molecule has 9 heteroatoms. The van der Waals surface area contributed by atoms with Crippen molar-refractivity contribution in [2.24, 2.45) is 7.05 Å². The number of aliphatic hydroxyl groups is 1. The number of para-hydroxylation sites is 1. The third-order valence-electron chi connectivity index (χ3n) is 4.45. The third kappa shape index (κ3) is 3.97. The predicted octanol–water partition coefficient (Wildman–Crippen LogP) is 1.35. The lowest BCUT2D eigenvalue weighted by Gasteiger charge is -2.32. The van der Waals surface area contributed by atoms with Gasteiger partial charge in [-0.05, 0) is 19.9 Å². The van der Waals surface area contributed by atoms with Crippen LogP contribution in [0.2, 0.25) is 5.02 Å². The molecular weight excluding hydrogens is 379 g/mol. The van der Waals surface area contributed by atoms with Gasteiger partial charge in [0.15, 0.2) is 0 Å². The number of rotatable bonds is 4. The van der Waals surface area contributed by atoms with E-state index in [1.165, 1.54) is 0 Å². The number of hydrogen-bond donors (Lipinski definition) is 3. The summed E-state index contributed by atoms with van der Waals surface area (Å²) in [5.74, 6) is -0.213. The summed E-state index contributed by atoms with van der Waals surface area (Å²) in [4.78, 5) is 12.6. The van der Waals surface area contributed by atoms with Crippen LogP contribution in [0.1, 0.15) is 19.5 Å². The first-order chi connectivity index (χ1) is 11.8. The van der Waals surface area contributed by atoms with Gasteiger partial charge in [-0.2, -0.15) is 5.10 Å². The molecule has 1 saturated heterocycles. The molecule has 0 saturated carbocycles. The molecule has 1 aliphatic heterocycles. The van der Waals surface area contributed by atoms with Crippen molar-refractivity contribution >= 4 is 40.8 Å². The highest BCUT2D eigenvalue weighted by molar-refractivity contribution is 6.35. The second-order valence-corrected chi connectivity index (χ2v) is 7.24. The Morgan fingerprint density at radius 2 is 2.27 bits per heavy atom. The number of hydrogen-bond acceptors (Lipinski definition) is 5. The van der Waals surface area contributed by atoms with E-state index in [1.807, 2.05) is 39.1 Å². The van der Waals surface area contributed by atoms with Gasteiger partial charge in [-0.15, -0.1) is 12.4 Å². The summed E-state index contributed by atoms with van der Waals surface area (Å²) in [6, 6.07) is 5.51. The Morgan fingerprint density at radius 3 is 2.88 bits per heavy atom. The zero-order valence-electron chi connectivity index (χ0n) is 15.0. The molecule has 3 rings (SSSR count). The number of carbonyl (C=O) groups is 1. The van der Waals surface area contributed by atoms with Gasteiger partial charge in [0.2, 0.25) is 0 Å². The molecule has 0 aliphatic carbocycles. The normalized spacial score (nSPS) is 20.7. The molecule has 2 atom stereocenters. The van der Waals surface area contributed by atoms with Crippen LogP contribution in [0.25, 0.3) is 10.9 Å². The number of halogens is 2. The van der Waals surface area contributed by atoms with E-state index in [1.54, 1.807) is 4.68 Å². The van der Waals surface area contributed by atoms with Crippen molar-refractivity contribution < 1.29 is 14.6 Å². The number of aliphatic hydroxyl groups excluding tert-OH is 1.